The predicted molar refractivity (Wildman–Crippen MR) is 83.2 cm³/mol. The fourth-order valence-electron chi connectivity index (χ4n) is 1.52. The van der Waals surface area contributed by atoms with Crippen molar-refractivity contribution in [3.8, 4) is 11.8 Å². The second-order valence-corrected chi connectivity index (χ2v) is 5.21. The molecule has 0 radical (unpaired) electrons. The summed E-state index contributed by atoms with van der Waals surface area (Å²) in [6, 6.07) is 1.78. The molecule has 0 fully saturated rings. The third-order valence-electron chi connectivity index (χ3n) is 2.54. The molecule has 0 atom stereocenters. The van der Waals surface area contributed by atoms with Gasteiger partial charge >= 0.3 is 0 Å². The van der Waals surface area contributed by atoms with Gasteiger partial charge in [0.25, 0.3) is 5.91 Å². The van der Waals surface area contributed by atoms with E-state index in [-0.39, 0.29) is 24.8 Å². The van der Waals surface area contributed by atoms with Crippen LogP contribution in [-0.2, 0) is 4.79 Å². The average molecular weight is 308 g/mol. The summed E-state index contributed by atoms with van der Waals surface area (Å²) in [4.78, 5) is 23.9. The van der Waals surface area contributed by atoms with Gasteiger partial charge in [0, 0.05) is 31.5 Å². The summed E-state index contributed by atoms with van der Waals surface area (Å²) in [7, 11) is 0. The van der Waals surface area contributed by atoms with Crippen molar-refractivity contribution in [2.75, 3.05) is 19.7 Å². The highest BCUT2D eigenvalue weighted by Crippen LogP contribution is 2.15. The Hall–Kier alpha value is -1.84. The average Bonchev–Trinajstić information content (AvgIpc) is 2.94. The molecule has 6 heteroatoms. The maximum Gasteiger partial charge on any atom is 0.262 e. The number of rotatable bonds is 7. The maximum atomic E-state index is 12.0. The minimum atomic E-state index is -0.221. The lowest BCUT2D eigenvalue weighted by molar-refractivity contribution is -0.120. The van der Waals surface area contributed by atoms with E-state index in [1.807, 2.05) is 6.92 Å². The number of hydrogen-bond acceptors (Lipinski definition) is 4. The Bertz CT molecular complexity index is 529. The number of amides is 2. The summed E-state index contributed by atoms with van der Waals surface area (Å²) >= 11 is 1.31. The van der Waals surface area contributed by atoms with Gasteiger partial charge in [0.05, 0.1) is 6.61 Å². The number of aliphatic hydroxyl groups is 1. The molecule has 3 N–H and O–H groups in total. The Labute approximate surface area is 128 Å². The number of hydrogen-bond donors (Lipinski definition) is 3. The summed E-state index contributed by atoms with van der Waals surface area (Å²) in [5.41, 5.74) is 0.654. The standard InChI is InChI=1S/C15H20N2O3S/c1-2-8-16-13(19)6-9-17-15(20)14-12(7-11-21-14)5-3-4-10-18/h7,11,18H,2,4,6,8-10H2,1H3,(H,16,19)(H,17,20). The molecule has 0 aliphatic heterocycles. The molecule has 1 rings (SSSR count). The lowest BCUT2D eigenvalue weighted by atomic mass is 10.2. The number of carbonyl (C=O) groups is 2. The van der Waals surface area contributed by atoms with Crippen molar-refractivity contribution in [1.29, 1.82) is 0 Å². The van der Waals surface area contributed by atoms with Crippen LogP contribution in [0, 0.1) is 11.8 Å². The monoisotopic (exact) mass is 308 g/mol. The Kier molecular flexibility index (Phi) is 8.17. The van der Waals surface area contributed by atoms with Crippen LogP contribution in [0.1, 0.15) is 41.4 Å². The number of carbonyl (C=O) groups excluding carboxylic acids is 2. The highest BCUT2D eigenvalue weighted by atomic mass is 32.1. The first-order valence-electron chi connectivity index (χ1n) is 6.91. The van der Waals surface area contributed by atoms with Crippen molar-refractivity contribution < 1.29 is 14.7 Å². The third kappa shape index (κ3) is 6.43. The summed E-state index contributed by atoms with van der Waals surface area (Å²) in [6.07, 6.45) is 1.54. The van der Waals surface area contributed by atoms with Crippen LogP contribution < -0.4 is 10.6 Å². The topological polar surface area (TPSA) is 78.4 Å². The van der Waals surface area contributed by atoms with E-state index in [1.54, 1.807) is 11.4 Å². The van der Waals surface area contributed by atoms with E-state index in [0.717, 1.165) is 6.42 Å². The lowest BCUT2D eigenvalue weighted by Crippen LogP contribution is -2.30. The van der Waals surface area contributed by atoms with Crippen LogP contribution in [0.4, 0.5) is 0 Å². The number of thiophene rings is 1. The highest BCUT2D eigenvalue weighted by Gasteiger charge is 2.11. The molecule has 0 aromatic carbocycles. The SMILES string of the molecule is CCCNC(=O)CCNC(=O)c1sccc1C#CCCO. The van der Waals surface area contributed by atoms with Crippen molar-refractivity contribution in [3.63, 3.8) is 0 Å². The molecule has 114 valence electrons. The molecular formula is C15H20N2O3S. The van der Waals surface area contributed by atoms with E-state index in [2.05, 4.69) is 22.5 Å². The predicted octanol–water partition coefficient (Wildman–Crippen LogP) is 1.13. The van der Waals surface area contributed by atoms with Crippen LogP contribution >= 0.6 is 11.3 Å². The zero-order valence-electron chi connectivity index (χ0n) is 12.1. The molecule has 0 spiro atoms. The molecule has 2 amide bonds. The Balaban J connectivity index is 2.44. The van der Waals surface area contributed by atoms with Gasteiger partial charge in [-0.25, -0.2) is 0 Å². The summed E-state index contributed by atoms with van der Waals surface area (Å²) in [6.45, 7) is 2.95. The van der Waals surface area contributed by atoms with E-state index < -0.39 is 0 Å². The lowest BCUT2D eigenvalue weighted by Gasteiger charge is -2.05. The molecule has 1 heterocycles. The van der Waals surface area contributed by atoms with Gasteiger partial charge in [-0.05, 0) is 17.9 Å². The van der Waals surface area contributed by atoms with Gasteiger partial charge in [-0.2, -0.15) is 0 Å². The van der Waals surface area contributed by atoms with E-state index in [4.69, 9.17) is 5.11 Å². The highest BCUT2D eigenvalue weighted by molar-refractivity contribution is 7.12. The molecule has 1 aromatic rings. The number of aliphatic hydroxyl groups excluding tert-OH is 1. The third-order valence-corrected chi connectivity index (χ3v) is 3.45. The van der Waals surface area contributed by atoms with Crippen molar-refractivity contribution in [1.82, 2.24) is 10.6 Å². The summed E-state index contributed by atoms with van der Waals surface area (Å²) < 4.78 is 0. The molecule has 0 saturated heterocycles. The maximum absolute atomic E-state index is 12.0. The Morgan fingerprint density at radius 3 is 2.86 bits per heavy atom. The first-order chi connectivity index (χ1) is 10.2. The molecule has 0 aliphatic carbocycles. The van der Waals surface area contributed by atoms with Crippen molar-refractivity contribution in [2.45, 2.75) is 26.2 Å². The van der Waals surface area contributed by atoms with Crippen LogP contribution in [0.25, 0.3) is 0 Å². The van der Waals surface area contributed by atoms with Gasteiger partial charge in [-0.15, -0.1) is 11.3 Å². The molecule has 0 unspecified atom stereocenters. The van der Waals surface area contributed by atoms with Crippen LogP contribution in [0.5, 0.6) is 0 Å². The van der Waals surface area contributed by atoms with Gasteiger partial charge < -0.3 is 15.7 Å². The largest absolute Gasteiger partial charge is 0.395 e. The first-order valence-corrected chi connectivity index (χ1v) is 7.79. The van der Waals surface area contributed by atoms with Gasteiger partial charge in [-0.3, -0.25) is 9.59 Å². The van der Waals surface area contributed by atoms with Gasteiger partial charge in [-0.1, -0.05) is 18.8 Å². The molecular weight excluding hydrogens is 288 g/mol. The summed E-state index contributed by atoms with van der Waals surface area (Å²) in [5, 5.41) is 16.0. The van der Waals surface area contributed by atoms with E-state index in [9.17, 15) is 9.59 Å². The normalized spacial score (nSPS) is 9.62. The molecule has 0 bridgehead atoms. The molecule has 1 aromatic heterocycles. The molecule has 0 saturated carbocycles. The Morgan fingerprint density at radius 1 is 1.33 bits per heavy atom. The van der Waals surface area contributed by atoms with Crippen LogP contribution in [0.2, 0.25) is 0 Å². The van der Waals surface area contributed by atoms with E-state index in [0.29, 0.717) is 30.0 Å². The van der Waals surface area contributed by atoms with Crippen LogP contribution in [-0.4, -0.2) is 36.6 Å². The van der Waals surface area contributed by atoms with E-state index >= 15 is 0 Å². The van der Waals surface area contributed by atoms with Gasteiger partial charge in [0.2, 0.25) is 5.91 Å². The molecule has 0 aliphatic rings. The smallest absolute Gasteiger partial charge is 0.262 e. The second-order valence-electron chi connectivity index (χ2n) is 4.29. The van der Waals surface area contributed by atoms with Gasteiger partial charge in [0.15, 0.2) is 0 Å². The molecule has 5 nitrogen and oxygen atoms in total. The first kappa shape index (κ1) is 17.2. The molecule has 21 heavy (non-hydrogen) atoms. The second kappa shape index (κ2) is 9.97. The minimum Gasteiger partial charge on any atom is -0.395 e. The minimum absolute atomic E-state index is 0.00549. The number of nitrogens with one attached hydrogen (secondary N) is 2. The van der Waals surface area contributed by atoms with Crippen molar-refractivity contribution in [3.05, 3.63) is 21.9 Å². The quantitative estimate of drug-likeness (QED) is 0.661. The van der Waals surface area contributed by atoms with Crippen molar-refractivity contribution in [2.24, 2.45) is 0 Å². The van der Waals surface area contributed by atoms with Crippen LogP contribution in [0.3, 0.4) is 0 Å². The van der Waals surface area contributed by atoms with E-state index in [1.165, 1.54) is 11.3 Å². The zero-order valence-corrected chi connectivity index (χ0v) is 12.9. The Morgan fingerprint density at radius 2 is 2.14 bits per heavy atom. The summed E-state index contributed by atoms with van der Waals surface area (Å²) in [5.74, 6) is 5.37. The van der Waals surface area contributed by atoms with Crippen molar-refractivity contribution >= 4 is 23.2 Å². The van der Waals surface area contributed by atoms with Gasteiger partial charge in [0.1, 0.15) is 4.88 Å². The zero-order chi connectivity index (χ0) is 15.5. The fraction of sp³-hybridized carbons (Fsp3) is 0.467. The fourth-order valence-corrected chi connectivity index (χ4v) is 2.29. The van der Waals surface area contributed by atoms with Crippen LogP contribution in [0.15, 0.2) is 11.4 Å².